The first-order chi connectivity index (χ1) is 6.31. The van der Waals surface area contributed by atoms with E-state index in [9.17, 15) is 0 Å². The summed E-state index contributed by atoms with van der Waals surface area (Å²) in [4.78, 5) is 9.24. The molecule has 2 N–H and O–H groups in total. The Bertz CT molecular complexity index is 325. The molecule has 0 unspecified atom stereocenters. The first-order valence-electron chi connectivity index (χ1n) is 4.11. The Labute approximate surface area is 82.0 Å². The molecule has 0 atom stereocenters. The van der Waals surface area contributed by atoms with Gasteiger partial charge in [-0.2, -0.15) is 0 Å². The van der Waals surface area contributed by atoms with Crippen molar-refractivity contribution in [2.24, 2.45) is 10.7 Å². The molecule has 70 valence electrons. The fourth-order valence-corrected chi connectivity index (χ4v) is 1.78. The summed E-state index contributed by atoms with van der Waals surface area (Å²) in [6.07, 6.45) is 6.10. The van der Waals surface area contributed by atoms with Gasteiger partial charge in [0.25, 0.3) is 0 Å². The number of hydrogen-bond donors (Lipinski definition) is 1. The fourth-order valence-electron chi connectivity index (χ4n) is 0.935. The Hall–Kier alpha value is -1.16. The highest BCUT2D eigenvalue weighted by Crippen LogP contribution is 2.20. The van der Waals surface area contributed by atoms with E-state index in [-0.39, 0.29) is 0 Å². The van der Waals surface area contributed by atoms with Crippen LogP contribution >= 0.6 is 11.3 Å². The van der Waals surface area contributed by atoms with Gasteiger partial charge in [-0.25, -0.2) is 4.98 Å². The van der Waals surface area contributed by atoms with Crippen LogP contribution < -0.4 is 5.73 Å². The molecule has 0 radical (unpaired) electrons. The lowest BCUT2D eigenvalue weighted by Gasteiger charge is -1.92. The van der Waals surface area contributed by atoms with Crippen molar-refractivity contribution in [2.75, 3.05) is 7.05 Å². The molecular formula is C9H13N3S. The molecule has 0 aliphatic rings. The van der Waals surface area contributed by atoms with Gasteiger partial charge in [-0.3, -0.25) is 4.99 Å². The van der Waals surface area contributed by atoms with Crippen LogP contribution in [0.5, 0.6) is 0 Å². The summed E-state index contributed by atoms with van der Waals surface area (Å²) in [5.41, 5.74) is 6.40. The second kappa shape index (κ2) is 4.77. The van der Waals surface area contributed by atoms with E-state index in [1.54, 1.807) is 30.8 Å². The van der Waals surface area contributed by atoms with E-state index >= 15 is 0 Å². The smallest absolute Gasteiger partial charge is 0.0928 e. The van der Waals surface area contributed by atoms with Crippen LogP contribution in [0.4, 0.5) is 0 Å². The highest BCUT2D eigenvalue weighted by atomic mass is 32.1. The predicted molar refractivity (Wildman–Crippen MR) is 58.1 cm³/mol. The molecule has 0 amide bonds. The van der Waals surface area contributed by atoms with Crippen molar-refractivity contribution in [3.63, 3.8) is 0 Å². The zero-order chi connectivity index (χ0) is 9.68. The van der Waals surface area contributed by atoms with E-state index in [1.165, 1.54) is 0 Å². The van der Waals surface area contributed by atoms with E-state index in [1.807, 2.05) is 6.20 Å². The lowest BCUT2D eigenvalue weighted by Crippen LogP contribution is -1.87. The highest BCUT2D eigenvalue weighted by molar-refractivity contribution is 7.13. The van der Waals surface area contributed by atoms with Gasteiger partial charge in [0.15, 0.2) is 0 Å². The van der Waals surface area contributed by atoms with Gasteiger partial charge >= 0.3 is 0 Å². The SMILES string of the molecule is CCc1ncc(/C(C=NC)=C/N)s1. The summed E-state index contributed by atoms with van der Waals surface area (Å²) in [6.45, 7) is 2.09. The maximum absolute atomic E-state index is 5.47. The molecule has 0 spiro atoms. The molecule has 1 aromatic rings. The quantitative estimate of drug-likeness (QED) is 0.746. The zero-order valence-electron chi connectivity index (χ0n) is 7.82. The first-order valence-corrected chi connectivity index (χ1v) is 4.92. The van der Waals surface area contributed by atoms with Crippen molar-refractivity contribution in [3.8, 4) is 0 Å². The van der Waals surface area contributed by atoms with Gasteiger partial charge in [0, 0.05) is 31.2 Å². The maximum atomic E-state index is 5.47. The van der Waals surface area contributed by atoms with E-state index in [2.05, 4.69) is 16.9 Å². The molecule has 1 aromatic heterocycles. The molecule has 0 aliphatic heterocycles. The molecule has 0 fully saturated rings. The highest BCUT2D eigenvalue weighted by Gasteiger charge is 2.02. The van der Waals surface area contributed by atoms with E-state index in [0.29, 0.717) is 0 Å². The summed E-state index contributed by atoms with van der Waals surface area (Å²) < 4.78 is 0. The molecule has 0 saturated carbocycles. The van der Waals surface area contributed by atoms with Crippen LogP contribution in [0.15, 0.2) is 17.4 Å². The molecule has 1 heterocycles. The predicted octanol–water partition coefficient (Wildman–Crippen LogP) is 1.71. The molecule has 4 heteroatoms. The van der Waals surface area contributed by atoms with Crippen molar-refractivity contribution >= 4 is 23.1 Å². The minimum atomic E-state index is 0.930. The average Bonchev–Trinajstić information content (AvgIpc) is 2.62. The second-order valence-electron chi connectivity index (χ2n) is 2.48. The van der Waals surface area contributed by atoms with Crippen molar-refractivity contribution in [3.05, 3.63) is 22.3 Å². The lowest BCUT2D eigenvalue weighted by atomic mass is 10.3. The van der Waals surface area contributed by atoms with Crippen LogP contribution in [0.2, 0.25) is 0 Å². The van der Waals surface area contributed by atoms with E-state index in [0.717, 1.165) is 21.9 Å². The number of rotatable bonds is 3. The van der Waals surface area contributed by atoms with Gasteiger partial charge in [-0.1, -0.05) is 6.92 Å². The largest absolute Gasteiger partial charge is 0.404 e. The molecule has 0 bridgehead atoms. The van der Waals surface area contributed by atoms with Crippen LogP contribution in [0.25, 0.3) is 5.57 Å². The number of nitrogens with two attached hydrogens (primary N) is 1. The van der Waals surface area contributed by atoms with Gasteiger partial charge in [0.1, 0.15) is 0 Å². The number of hydrogen-bond acceptors (Lipinski definition) is 4. The number of aryl methyl sites for hydroxylation is 1. The van der Waals surface area contributed by atoms with Gasteiger partial charge in [0.05, 0.1) is 9.88 Å². The number of thiazole rings is 1. The summed E-state index contributed by atoms with van der Waals surface area (Å²) in [6, 6.07) is 0. The molecule has 0 aromatic carbocycles. The molecule has 13 heavy (non-hydrogen) atoms. The Kier molecular flexibility index (Phi) is 3.64. The molecule has 0 saturated heterocycles. The van der Waals surface area contributed by atoms with Crippen molar-refractivity contribution in [1.29, 1.82) is 0 Å². The Morgan fingerprint density at radius 2 is 2.54 bits per heavy atom. The summed E-state index contributed by atoms with van der Waals surface area (Å²) in [5.74, 6) is 0. The van der Waals surface area contributed by atoms with Gasteiger partial charge < -0.3 is 5.73 Å². The average molecular weight is 195 g/mol. The standard InChI is InChI=1S/C9H13N3S/c1-3-9-12-6-8(13-9)7(4-10)5-11-2/h4-6H,3,10H2,1-2H3/b7-4+,11-5?. The van der Waals surface area contributed by atoms with Crippen molar-refractivity contribution in [2.45, 2.75) is 13.3 Å². The molecule has 3 nitrogen and oxygen atoms in total. The normalized spacial score (nSPS) is 12.6. The maximum Gasteiger partial charge on any atom is 0.0928 e. The Balaban J connectivity index is 2.92. The fraction of sp³-hybridized carbons (Fsp3) is 0.333. The minimum absolute atomic E-state index is 0.930. The van der Waals surface area contributed by atoms with Gasteiger partial charge in [0.2, 0.25) is 0 Å². The van der Waals surface area contributed by atoms with Gasteiger partial charge in [-0.15, -0.1) is 11.3 Å². The number of allylic oxidation sites excluding steroid dienone is 1. The third kappa shape index (κ3) is 2.39. The van der Waals surface area contributed by atoms with E-state index in [4.69, 9.17) is 5.73 Å². The van der Waals surface area contributed by atoms with Crippen LogP contribution in [0.3, 0.4) is 0 Å². The number of aromatic nitrogens is 1. The first kappa shape index (κ1) is 9.92. The third-order valence-electron chi connectivity index (χ3n) is 1.59. The van der Waals surface area contributed by atoms with Gasteiger partial charge in [-0.05, 0) is 6.42 Å². The summed E-state index contributed by atoms with van der Waals surface area (Å²) in [5, 5.41) is 1.12. The summed E-state index contributed by atoms with van der Waals surface area (Å²) in [7, 11) is 1.73. The van der Waals surface area contributed by atoms with Crippen molar-refractivity contribution < 1.29 is 0 Å². The van der Waals surface area contributed by atoms with Crippen LogP contribution in [-0.4, -0.2) is 18.2 Å². The zero-order valence-corrected chi connectivity index (χ0v) is 8.64. The molecular weight excluding hydrogens is 182 g/mol. The van der Waals surface area contributed by atoms with Crippen LogP contribution in [0, 0.1) is 0 Å². The molecule has 1 rings (SSSR count). The van der Waals surface area contributed by atoms with Crippen LogP contribution in [0.1, 0.15) is 16.8 Å². The topological polar surface area (TPSA) is 51.3 Å². The van der Waals surface area contributed by atoms with Crippen molar-refractivity contribution in [1.82, 2.24) is 4.98 Å². The lowest BCUT2D eigenvalue weighted by molar-refractivity contribution is 1.09. The Morgan fingerprint density at radius 1 is 1.77 bits per heavy atom. The Morgan fingerprint density at radius 3 is 3.00 bits per heavy atom. The summed E-state index contributed by atoms with van der Waals surface area (Å²) >= 11 is 1.65. The number of aliphatic imine (C=N–C) groups is 1. The third-order valence-corrected chi connectivity index (χ3v) is 2.78. The second-order valence-corrected chi connectivity index (χ2v) is 3.60. The number of nitrogens with zero attached hydrogens (tertiary/aromatic N) is 2. The van der Waals surface area contributed by atoms with E-state index < -0.39 is 0 Å². The minimum Gasteiger partial charge on any atom is -0.404 e. The monoisotopic (exact) mass is 195 g/mol. The van der Waals surface area contributed by atoms with Crippen LogP contribution in [-0.2, 0) is 6.42 Å². The molecule has 0 aliphatic carbocycles.